The zero-order valence-corrected chi connectivity index (χ0v) is 12.0. The lowest BCUT2D eigenvalue weighted by Crippen LogP contribution is -2.04. The van der Waals surface area contributed by atoms with Gasteiger partial charge in [0.1, 0.15) is 5.82 Å². The van der Waals surface area contributed by atoms with Crippen LogP contribution >= 0.6 is 0 Å². The highest BCUT2D eigenvalue weighted by molar-refractivity contribution is 5.70. The lowest BCUT2D eigenvalue weighted by Gasteiger charge is -2.15. The van der Waals surface area contributed by atoms with Gasteiger partial charge in [0.2, 0.25) is 0 Å². The molecule has 5 heteroatoms. The molecule has 0 spiro atoms. The van der Waals surface area contributed by atoms with Crippen molar-refractivity contribution in [2.45, 2.75) is 50.9 Å². The van der Waals surface area contributed by atoms with Crippen LogP contribution in [0.4, 0.5) is 10.1 Å². The molecule has 1 aliphatic rings. The third-order valence-corrected chi connectivity index (χ3v) is 4.16. The summed E-state index contributed by atoms with van der Waals surface area (Å²) in [4.78, 5) is 4.49. The first-order chi connectivity index (χ1) is 10.2. The van der Waals surface area contributed by atoms with Gasteiger partial charge < -0.3 is 10.3 Å². The zero-order chi connectivity index (χ0) is 14.7. The van der Waals surface area contributed by atoms with Gasteiger partial charge in [0.05, 0.1) is 5.56 Å². The van der Waals surface area contributed by atoms with Gasteiger partial charge >= 0.3 is 0 Å². The molecule has 4 nitrogen and oxygen atoms in total. The highest BCUT2D eigenvalue weighted by Crippen LogP contribution is 2.31. The number of nitrogens with zero attached hydrogens (tertiary/aromatic N) is 2. The van der Waals surface area contributed by atoms with Crippen LogP contribution in [0.15, 0.2) is 22.7 Å². The Morgan fingerprint density at radius 2 is 1.81 bits per heavy atom. The molecule has 1 fully saturated rings. The van der Waals surface area contributed by atoms with Crippen molar-refractivity contribution in [3.63, 3.8) is 0 Å². The van der Waals surface area contributed by atoms with Gasteiger partial charge in [0, 0.05) is 11.6 Å². The normalized spacial score (nSPS) is 17.4. The Bertz CT molecular complexity index is 603. The Morgan fingerprint density at radius 1 is 1.10 bits per heavy atom. The van der Waals surface area contributed by atoms with Crippen LogP contribution in [-0.4, -0.2) is 10.1 Å². The Balaban J connectivity index is 1.81. The molecular weight excluding hydrogens is 269 g/mol. The Morgan fingerprint density at radius 3 is 2.52 bits per heavy atom. The molecule has 2 aromatic rings. The molecule has 2 N–H and O–H groups in total. The zero-order valence-electron chi connectivity index (χ0n) is 12.0. The quantitative estimate of drug-likeness (QED) is 0.838. The van der Waals surface area contributed by atoms with Gasteiger partial charge in [-0.1, -0.05) is 37.3 Å². The molecule has 0 radical (unpaired) electrons. The van der Waals surface area contributed by atoms with E-state index in [-0.39, 0.29) is 5.82 Å². The Kier molecular flexibility index (Phi) is 4.18. The van der Waals surface area contributed by atoms with Gasteiger partial charge in [-0.2, -0.15) is 4.98 Å². The SMILES string of the molecule is Nc1cc(F)ccc1-c1nc(C2CCCCCCC2)no1. The molecule has 1 aromatic heterocycles. The predicted molar refractivity (Wildman–Crippen MR) is 79.2 cm³/mol. The highest BCUT2D eigenvalue weighted by Gasteiger charge is 2.20. The van der Waals surface area contributed by atoms with Crippen molar-refractivity contribution in [1.82, 2.24) is 10.1 Å². The summed E-state index contributed by atoms with van der Waals surface area (Å²) in [6, 6.07) is 4.21. The first-order valence-electron chi connectivity index (χ1n) is 7.63. The molecular formula is C16H20FN3O. The van der Waals surface area contributed by atoms with E-state index in [4.69, 9.17) is 10.3 Å². The van der Waals surface area contributed by atoms with E-state index in [0.717, 1.165) is 18.7 Å². The summed E-state index contributed by atoms with van der Waals surface area (Å²) in [6.45, 7) is 0. The van der Waals surface area contributed by atoms with Gasteiger partial charge in [0.25, 0.3) is 5.89 Å². The topological polar surface area (TPSA) is 64.9 Å². The van der Waals surface area contributed by atoms with E-state index in [1.807, 2.05) is 0 Å². The Hall–Kier alpha value is -1.91. The molecule has 21 heavy (non-hydrogen) atoms. The van der Waals surface area contributed by atoms with Gasteiger partial charge in [0.15, 0.2) is 5.82 Å². The summed E-state index contributed by atoms with van der Waals surface area (Å²) in [5.41, 5.74) is 6.74. The Labute approximate surface area is 123 Å². The first kappa shape index (κ1) is 14.0. The summed E-state index contributed by atoms with van der Waals surface area (Å²) in [5, 5.41) is 4.12. The van der Waals surface area contributed by atoms with Gasteiger partial charge in [-0.3, -0.25) is 0 Å². The number of aromatic nitrogens is 2. The van der Waals surface area contributed by atoms with E-state index in [1.54, 1.807) is 6.07 Å². The number of anilines is 1. The summed E-state index contributed by atoms with van der Waals surface area (Å²) in [7, 11) is 0. The fraction of sp³-hybridized carbons (Fsp3) is 0.500. The van der Waals surface area contributed by atoms with Crippen LogP contribution in [0.1, 0.15) is 56.7 Å². The molecule has 0 unspecified atom stereocenters. The maximum Gasteiger partial charge on any atom is 0.260 e. The van der Waals surface area contributed by atoms with Crippen molar-refractivity contribution in [3.8, 4) is 11.5 Å². The van der Waals surface area contributed by atoms with Crippen molar-refractivity contribution in [1.29, 1.82) is 0 Å². The number of hydrogen-bond donors (Lipinski definition) is 1. The second-order valence-electron chi connectivity index (χ2n) is 5.73. The van der Waals surface area contributed by atoms with E-state index >= 15 is 0 Å². The fourth-order valence-corrected chi connectivity index (χ4v) is 2.95. The molecule has 1 aromatic carbocycles. The molecule has 0 saturated heterocycles. The first-order valence-corrected chi connectivity index (χ1v) is 7.63. The third-order valence-electron chi connectivity index (χ3n) is 4.16. The maximum absolute atomic E-state index is 13.1. The summed E-state index contributed by atoms with van der Waals surface area (Å²) >= 11 is 0. The second kappa shape index (κ2) is 6.24. The monoisotopic (exact) mass is 289 g/mol. The molecule has 1 aliphatic carbocycles. The summed E-state index contributed by atoms with van der Waals surface area (Å²) in [5.74, 6) is 1.14. The molecule has 0 bridgehead atoms. The van der Waals surface area contributed by atoms with Crippen LogP contribution in [0, 0.1) is 5.82 Å². The van der Waals surface area contributed by atoms with E-state index < -0.39 is 0 Å². The molecule has 112 valence electrons. The van der Waals surface area contributed by atoms with Crippen LogP contribution in [-0.2, 0) is 0 Å². The minimum Gasteiger partial charge on any atom is -0.398 e. The molecule has 3 rings (SSSR count). The van der Waals surface area contributed by atoms with E-state index in [9.17, 15) is 4.39 Å². The van der Waals surface area contributed by atoms with Crippen molar-refractivity contribution in [2.24, 2.45) is 0 Å². The van der Waals surface area contributed by atoms with Gasteiger partial charge in [-0.15, -0.1) is 0 Å². The average Bonchev–Trinajstić information content (AvgIpc) is 2.87. The standard InChI is InChI=1S/C16H20FN3O/c17-12-8-9-13(14(18)10-12)16-19-15(20-21-16)11-6-4-2-1-3-5-7-11/h8-11H,1-7,18H2. The van der Waals surface area contributed by atoms with Gasteiger partial charge in [-0.25, -0.2) is 4.39 Å². The molecule has 1 heterocycles. The largest absolute Gasteiger partial charge is 0.398 e. The van der Waals surface area contributed by atoms with E-state index in [2.05, 4.69) is 10.1 Å². The molecule has 0 atom stereocenters. The van der Waals surface area contributed by atoms with E-state index in [0.29, 0.717) is 23.1 Å². The lowest BCUT2D eigenvalue weighted by atomic mass is 9.91. The summed E-state index contributed by atoms with van der Waals surface area (Å²) in [6.07, 6.45) is 8.55. The maximum atomic E-state index is 13.1. The lowest BCUT2D eigenvalue weighted by molar-refractivity contribution is 0.393. The predicted octanol–water partition coefficient (Wildman–Crippen LogP) is 4.29. The highest BCUT2D eigenvalue weighted by atomic mass is 19.1. The van der Waals surface area contributed by atoms with Crippen LogP contribution in [0.3, 0.4) is 0 Å². The molecule has 0 amide bonds. The minimum atomic E-state index is -0.365. The number of benzene rings is 1. The third kappa shape index (κ3) is 3.23. The van der Waals surface area contributed by atoms with Gasteiger partial charge in [-0.05, 0) is 31.0 Å². The number of hydrogen-bond acceptors (Lipinski definition) is 4. The van der Waals surface area contributed by atoms with Crippen molar-refractivity contribution in [2.75, 3.05) is 5.73 Å². The van der Waals surface area contributed by atoms with Crippen molar-refractivity contribution >= 4 is 5.69 Å². The van der Waals surface area contributed by atoms with Crippen molar-refractivity contribution < 1.29 is 8.91 Å². The number of nitrogen functional groups attached to an aromatic ring is 1. The molecule has 1 saturated carbocycles. The number of halogens is 1. The second-order valence-corrected chi connectivity index (χ2v) is 5.73. The average molecular weight is 289 g/mol. The minimum absolute atomic E-state index is 0.322. The van der Waals surface area contributed by atoms with Crippen molar-refractivity contribution in [3.05, 3.63) is 29.8 Å². The smallest absolute Gasteiger partial charge is 0.260 e. The van der Waals surface area contributed by atoms with E-state index in [1.165, 1.54) is 44.2 Å². The van der Waals surface area contributed by atoms with Crippen LogP contribution in [0.2, 0.25) is 0 Å². The van der Waals surface area contributed by atoms with Crippen LogP contribution in [0.25, 0.3) is 11.5 Å². The number of rotatable bonds is 2. The fourth-order valence-electron chi connectivity index (χ4n) is 2.95. The summed E-state index contributed by atoms with van der Waals surface area (Å²) < 4.78 is 18.4. The molecule has 0 aliphatic heterocycles. The van der Waals surface area contributed by atoms with Crippen LogP contribution < -0.4 is 5.73 Å². The number of nitrogens with two attached hydrogens (primary N) is 1. The van der Waals surface area contributed by atoms with Crippen LogP contribution in [0.5, 0.6) is 0 Å².